The zero-order chi connectivity index (χ0) is 24.6. The number of non-ortho nitro benzene ring substituents is 1. The summed E-state index contributed by atoms with van der Waals surface area (Å²) >= 11 is 0. The molecule has 0 bridgehead atoms. The number of nitro groups is 1. The van der Waals surface area contributed by atoms with E-state index in [9.17, 15) is 34.4 Å². The summed E-state index contributed by atoms with van der Waals surface area (Å²) in [7, 11) is 0. The van der Waals surface area contributed by atoms with Crippen molar-refractivity contribution >= 4 is 39.6 Å². The summed E-state index contributed by atoms with van der Waals surface area (Å²) in [6, 6.07) is 7.69. The summed E-state index contributed by atoms with van der Waals surface area (Å²) in [5, 5.41) is 20.0. The highest BCUT2D eigenvalue weighted by Gasteiger charge is 2.22. The van der Waals surface area contributed by atoms with Gasteiger partial charge in [0, 0.05) is 29.8 Å². The zero-order valence-electron chi connectivity index (χ0n) is 17.5. The van der Waals surface area contributed by atoms with E-state index < -0.39 is 39.2 Å². The Bertz CT molecular complexity index is 1600. The molecule has 0 radical (unpaired) electrons. The van der Waals surface area contributed by atoms with Crippen molar-refractivity contribution in [1.29, 1.82) is 0 Å². The van der Waals surface area contributed by atoms with Gasteiger partial charge in [-0.05, 0) is 24.6 Å². The summed E-state index contributed by atoms with van der Waals surface area (Å²) < 4.78 is 16.3. The summed E-state index contributed by atoms with van der Waals surface area (Å²) in [5.41, 5.74) is -1.30. The predicted molar refractivity (Wildman–Crippen MR) is 118 cm³/mol. The molecule has 0 aliphatic carbocycles. The Kier molecular flexibility index (Phi) is 5.68. The molecular weight excluding hydrogens is 450 g/mol. The molecule has 0 atom stereocenters. The molecule has 4 rings (SSSR count). The van der Waals surface area contributed by atoms with Gasteiger partial charge in [0.05, 0.1) is 15.7 Å². The first-order valence-electron chi connectivity index (χ1n) is 9.97. The van der Waals surface area contributed by atoms with Crippen LogP contribution in [-0.2, 0) is 6.42 Å². The van der Waals surface area contributed by atoms with Crippen molar-refractivity contribution in [2.75, 3.05) is 0 Å². The number of rotatable bonds is 6. The van der Waals surface area contributed by atoms with Gasteiger partial charge in [-0.2, -0.15) is 0 Å². The average Bonchev–Trinajstić information content (AvgIpc) is 2.79. The van der Waals surface area contributed by atoms with Crippen LogP contribution in [0.15, 0.2) is 60.9 Å². The number of esters is 1. The second kappa shape index (κ2) is 8.62. The first-order valence-corrected chi connectivity index (χ1v) is 9.97. The summed E-state index contributed by atoms with van der Waals surface area (Å²) in [5.74, 6) is -3.52. The number of carboxylic acid groups (broad SMARTS) is 1. The fourth-order valence-corrected chi connectivity index (χ4v) is 3.45. The quantitative estimate of drug-likeness (QED) is 0.146. The lowest BCUT2D eigenvalue weighted by molar-refractivity contribution is -0.384. The fraction of sp³-hybridized carbons (Fsp3) is 0.130. The Balaban J connectivity index is 1.87. The van der Waals surface area contributed by atoms with Crippen molar-refractivity contribution < 1.29 is 33.2 Å². The van der Waals surface area contributed by atoms with Gasteiger partial charge in [0.2, 0.25) is 11.5 Å². The average molecular weight is 465 g/mol. The third-order valence-electron chi connectivity index (χ3n) is 4.98. The molecule has 2 heterocycles. The number of ether oxygens (including phenoxy) is 1. The van der Waals surface area contributed by atoms with E-state index in [4.69, 9.17) is 13.6 Å². The molecule has 34 heavy (non-hydrogen) atoms. The van der Waals surface area contributed by atoms with Gasteiger partial charge in [0.25, 0.3) is 5.69 Å². The molecule has 0 unspecified atom stereocenters. The molecule has 0 aliphatic heterocycles. The highest BCUT2D eigenvalue weighted by atomic mass is 16.6. The molecular formula is C23H15NO10. The number of carbonyl (C=O) groups is 2. The van der Waals surface area contributed by atoms with E-state index in [-0.39, 0.29) is 45.4 Å². The molecule has 0 saturated heterocycles. The van der Waals surface area contributed by atoms with Crippen LogP contribution in [0, 0.1) is 10.1 Å². The van der Waals surface area contributed by atoms with E-state index in [0.717, 1.165) is 24.3 Å². The van der Waals surface area contributed by atoms with Crippen molar-refractivity contribution in [1.82, 2.24) is 0 Å². The van der Waals surface area contributed by atoms with Crippen molar-refractivity contribution in [3.05, 3.63) is 90.1 Å². The van der Waals surface area contributed by atoms with Gasteiger partial charge >= 0.3 is 11.9 Å². The first-order chi connectivity index (χ1) is 16.2. The van der Waals surface area contributed by atoms with Gasteiger partial charge in [0.1, 0.15) is 16.9 Å². The minimum atomic E-state index is -1.44. The van der Waals surface area contributed by atoms with Crippen LogP contribution in [0.1, 0.15) is 40.0 Å². The SMILES string of the molecule is CCCc1c2oc(C(=O)O)cc(=O)c2cc2c(=O)cc(C(=O)Oc3ccc([N+](=O)[O-])cc3)oc12. The Hall–Kier alpha value is -4.80. The molecule has 0 fully saturated rings. The lowest BCUT2D eigenvalue weighted by atomic mass is 10.0. The molecule has 2 aromatic heterocycles. The molecule has 1 N–H and O–H groups in total. The van der Waals surface area contributed by atoms with Gasteiger partial charge in [-0.25, -0.2) is 9.59 Å². The van der Waals surface area contributed by atoms with E-state index >= 15 is 0 Å². The van der Waals surface area contributed by atoms with Gasteiger partial charge in [-0.15, -0.1) is 0 Å². The second-order valence-corrected chi connectivity index (χ2v) is 7.25. The number of hydrogen-bond donors (Lipinski definition) is 1. The molecule has 0 spiro atoms. The van der Waals surface area contributed by atoms with E-state index in [1.807, 2.05) is 6.92 Å². The van der Waals surface area contributed by atoms with Crippen molar-refractivity contribution in [3.8, 4) is 5.75 Å². The molecule has 11 heteroatoms. The van der Waals surface area contributed by atoms with Crippen LogP contribution in [0.25, 0.3) is 21.9 Å². The lowest BCUT2D eigenvalue weighted by Crippen LogP contribution is -2.14. The van der Waals surface area contributed by atoms with Crippen LogP contribution in [0.2, 0.25) is 0 Å². The topological polar surface area (TPSA) is 167 Å². The monoisotopic (exact) mass is 465 g/mol. The smallest absolute Gasteiger partial charge is 0.379 e. The number of nitrogens with zero attached hydrogens (tertiary/aromatic N) is 1. The number of aryl methyl sites for hydroxylation is 1. The van der Waals surface area contributed by atoms with Gasteiger partial charge in [-0.1, -0.05) is 13.3 Å². The maximum atomic E-state index is 12.8. The Labute approximate surface area is 188 Å². The second-order valence-electron chi connectivity index (χ2n) is 7.25. The fourth-order valence-electron chi connectivity index (χ4n) is 3.45. The Morgan fingerprint density at radius 1 is 0.971 bits per heavy atom. The first kappa shape index (κ1) is 22.4. The normalized spacial score (nSPS) is 11.0. The maximum Gasteiger partial charge on any atom is 0.379 e. The van der Waals surface area contributed by atoms with E-state index in [2.05, 4.69) is 0 Å². The van der Waals surface area contributed by atoms with Crippen LogP contribution < -0.4 is 15.6 Å². The number of carbonyl (C=O) groups excluding carboxylic acids is 1. The Morgan fingerprint density at radius 2 is 1.53 bits per heavy atom. The van der Waals surface area contributed by atoms with Crippen LogP contribution >= 0.6 is 0 Å². The molecule has 0 saturated carbocycles. The third kappa shape index (κ3) is 4.01. The number of nitro benzene ring substituents is 1. The molecule has 172 valence electrons. The third-order valence-corrected chi connectivity index (χ3v) is 4.98. The van der Waals surface area contributed by atoms with Gasteiger partial charge in [-0.3, -0.25) is 19.7 Å². The molecule has 4 aromatic rings. The summed E-state index contributed by atoms with van der Waals surface area (Å²) in [6.07, 6.45) is 0.778. The number of hydrogen-bond acceptors (Lipinski definition) is 9. The molecule has 2 aromatic carbocycles. The van der Waals surface area contributed by atoms with Crippen LogP contribution in [-0.4, -0.2) is 22.0 Å². The minimum absolute atomic E-state index is 0.00876. The van der Waals surface area contributed by atoms with Crippen LogP contribution in [0.3, 0.4) is 0 Å². The van der Waals surface area contributed by atoms with Crippen molar-refractivity contribution in [2.24, 2.45) is 0 Å². The van der Waals surface area contributed by atoms with E-state index in [1.165, 1.54) is 18.2 Å². The standard InChI is InChI=1S/C23H15NO10/c1-2-3-13-20-14(16(25)9-18(33-20)22(27)28)8-15-17(26)10-19(34-21(13)15)23(29)32-12-6-4-11(5-7-12)24(30)31/h4-10H,2-3H2,1H3,(H,27,28). The zero-order valence-corrected chi connectivity index (χ0v) is 17.5. The Morgan fingerprint density at radius 3 is 2.06 bits per heavy atom. The summed E-state index contributed by atoms with van der Waals surface area (Å²) in [4.78, 5) is 59.4. The van der Waals surface area contributed by atoms with Gasteiger partial charge < -0.3 is 18.7 Å². The molecule has 0 amide bonds. The number of aromatic carboxylic acids is 1. The number of benzene rings is 2. The molecule has 0 aliphatic rings. The largest absolute Gasteiger partial charge is 0.475 e. The van der Waals surface area contributed by atoms with Gasteiger partial charge in [0.15, 0.2) is 10.9 Å². The predicted octanol–water partition coefficient (Wildman–Crippen LogP) is 3.68. The lowest BCUT2D eigenvalue weighted by Gasteiger charge is -2.10. The van der Waals surface area contributed by atoms with Crippen molar-refractivity contribution in [2.45, 2.75) is 19.8 Å². The van der Waals surface area contributed by atoms with Crippen LogP contribution in [0.4, 0.5) is 5.69 Å². The van der Waals surface area contributed by atoms with Crippen molar-refractivity contribution in [3.63, 3.8) is 0 Å². The minimum Gasteiger partial charge on any atom is -0.475 e. The molecule has 11 nitrogen and oxygen atoms in total. The highest BCUT2D eigenvalue weighted by Crippen LogP contribution is 2.28. The van der Waals surface area contributed by atoms with Crippen LogP contribution in [0.5, 0.6) is 5.75 Å². The van der Waals surface area contributed by atoms with E-state index in [1.54, 1.807) is 0 Å². The summed E-state index contributed by atoms with van der Waals surface area (Å²) in [6.45, 7) is 1.81. The number of fused-ring (bicyclic) bond motifs is 2. The number of carboxylic acids is 1. The van der Waals surface area contributed by atoms with E-state index in [0.29, 0.717) is 6.42 Å². The maximum absolute atomic E-state index is 12.8. The highest BCUT2D eigenvalue weighted by molar-refractivity contribution is 5.99.